The quantitative estimate of drug-likeness (QED) is 0.621. The molecule has 0 unspecified atom stereocenters. The van der Waals surface area contributed by atoms with Gasteiger partial charge >= 0.3 is 0 Å². The molecule has 7 heteroatoms. The highest BCUT2D eigenvalue weighted by Crippen LogP contribution is 2.33. The smallest absolute Gasteiger partial charge is 0.262 e. The van der Waals surface area contributed by atoms with Crippen molar-refractivity contribution in [1.29, 1.82) is 0 Å². The van der Waals surface area contributed by atoms with Crippen LogP contribution >= 0.6 is 0 Å². The maximum atomic E-state index is 12.6. The van der Waals surface area contributed by atoms with E-state index in [1.165, 1.54) is 0 Å². The number of methoxy groups -OCH3 is 2. The SMILES string of the molecule is COc1ccc(-c2cc(NC(=O)CN3C(=O)c4ccccc4C3=O)ccc2OC)cc1. The van der Waals surface area contributed by atoms with Crippen LogP contribution in [0, 0.1) is 0 Å². The van der Waals surface area contributed by atoms with Crippen molar-refractivity contribution in [2.75, 3.05) is 26.1 Å². The number of imide groups is 1. The molecule has 3 amide bonds. The number of carbonyl (C=O) groups excluding carboxylic acids is 3. The molecule has 0 saturated carbocycles. The Morgan fingerprint density at radius 1 is 0.839 bits per heavy atom. The van der Waals surface area contributed by atoms with Crippen molar-refractivity contribution in [2.45, 2.75) is 0 Å². The lowest BCUT2D eigenvalue weighted by molar-refractivity contribution is -0.116. The molecule has 1 aliphatic rings. The average Bonchev–Trinajstić information content (AvgIpc) is 3.04. The fourth-order valence-corrected chi connectivity index (χ4v) is 3.51. The third-order valence-electron chi connectivity index (χ3n) is 5.06. The number of ether oxygens (including phenoxy) is 2. The van der Waals surface area contributed by atoms with Gasteiger partial charge in [-0.15, -0.1) is 0 Å². The summed E-state index contributed by atoms with van der Waals surface area (Å²) in [6.45, 7) is -0.365. The first-order chi connectivity index (χ1) is 15.0. The molecule has 156 valence electrons. The van der Waals surface area contributed by atoms with Crippen LogP contribution in [0.15, 0.2) is 66.7 Å². The lowest BCUT2D eigenvalue weighted by Gasteiger charge is -2.15. The van der Waals surface area contributed by atoms with E-state index in [0.717, 1.165) is 21.8 Å². The molecule has 0 atom stereocenters. The Morgan fingerprint density at radius 2 is 1.48 bits per heavy atom. The van der Waals surface area contributed by atoms with Gasteiger partial charge < -0.3 is 14.8 Å². The first-order valence-corrected chi connectivity index (χ1v) is 9.59. The molecule has 1 N–H and O–H groups in total. The van der Waals surface area contributed by atoms with Gasteiger partial charge in [0.2, 0.25) is 5.91 Å². The number of rotatable bonds is 6. The molecule has 1 heterocycles. The van der Waals surface area contributed by atoms with Gasteiger partial charge in [-0.05, 0) is 48.0 Å². The molecule has 0 radical (unpaired) electrons. The van der Waals surface area contributed by atoms with Gasteiger partial charge in [-0.1, -0.05) is 24.3 Å². The van der Waals surface area contributed by atoms with Crippen LogP contribution in [0.25, 0.3) is 11.1 Å². The van der Waals surface area contributed by atoms with Gasteiger partial charge in [0.1, 0.15) is 18.0 Å². The third-order valence-corrected chi connectivity index (χ3v) is 5.06. The molecule has 4 rings (SSSR count). The van der Waals surface area contributed by atoms with Crippen molar-refractivity contribution in [3.8, 4) is 22.6 Å². The summed E-state index contributed by atoms with van der Waals surface area (Å²) in [5.41, 5.74) is 2.81. The first-order valence-electron chi connectivity index (χ1n) is 9.59. The highest BCUT2D eigenvalue weighted by atomic mass is 16.5. The summed E-state index contributed by atoms with van der Waals surface area (Å²) in [6.07, 6.45) is 0. The van der Waals surface area contributed by atoms with Gasteiger partial charge in [0.25, 0.3) is 11.8 Å². The largest absolute Gasteiger partial charge is 0.497 e. The van der Waals surface area contributed by atoms with Crippen molar-refractivity contribution in [1.82, 2.24) is 4.90 Å². The van der Waals surface area contributed by atoms with Crippen LogP contribution in [0.1, 0.15) is 20.7 Å². The molecule has 0 spiro atoms. The van der Waals surface area contributed by atoms with Crippen molar-refractivity contribution < 1.29 is 23.9 Å². The Labute approximate surface area is 179 Å². The second kappa shape index (κ2) is 8.31. The van der Waals surface area contributed by atoms with Crippen molar-refractivity contribution in [3.63, 3.8) is 0 Å². The van der Waals surface area contributed by atoms with E-state index < -0.39 is 17.7 Å². The van der Waals surface area contributed by atoms with Crippen LogP contribution in [0.2, 0.25) is 0 Å². The maximum absolute atomic E-state index is 12.6. The second-order valence-corrected chi connectivity index (χ2v) is 6.93. The van der Waals surface area contributed by atoms with E-state index in [1.807, 2.05) is 24.3 Å². The fraction of sp³-hybridized carbons (Fsp3) is 0.125. The minimum Gasteiger partial charge on any atom is -0.497 e. The number of hydrogen-bond acceptors (Lipinski definition) is 5. The fourth-order valence-electron chi connectivity index (χ4n) is 3.51. The van der Waals surface area contributed by atoms with Crippen molar-refractivity contribution >= 4 is 23.4 Å². The molecule has 0 bridgehead atoms. The van der Waals surface area contributed by atoms with Crippen LogP contribution in [0.5, 0.6) is 11.5 Å². The van der Waals surface area contributed by atoms with Crippen molar-refractivity contribution in [2.24, 2.45) is 0 Å². The summed E-state index contributed by atoms with van der Waals surface area (Å²) >= 11 is 0. The number of nitrogens with one attached hydrogen (secondary N) is 1. The van der Waals surface area contributed by atoms with E-state index in [-0.39, 0.29) is 6.54 Å². The lowest BCUT2D eigenvalue weighted by atomic mass is 10.0. The Balaban J connectivity index is 1.52. The molecule has 0 aliphatic carbocycles. The van der Waals surface area contributed by atoms with Crippen LogP contribution in [-0.2, 0) is 4.79 Å². The zero-order chi connectivity index (χ0) is 22.0. The number of anilines is 1. The third kappa shape index (κ3) is 3.85. The summed E-state index contributed by atoms with van der Waals surface area (Å²) in [5, 5.41) is 2.76. The minimum absolute atomic E-state index is 0.312. The van der Waals surface area contributed by atoms with E-state index >= 15 is 0 Å². The first kappa shape index (κ1) is 20.2. The number of fused-ring (bicyclic) bond motifs is 1. The number of nitrogens with zero attached hydrogens (tertiary/aromatic N) is 1. The minimum atomic E-state index is -0.472. The van der Waals surface area contributed by atoms with E-state index in [0.29, 0.717) is 22.6 Å². The molecule has 0 saturated heterocycles. The van der Waals surface area contributed by atoms with Gasteiger partial charge in [0.15, 0.2) is 0 Å². The number of hydrogen-bond donors (Lipinski definition) is 1. The monoisotopic (exact) mass is 416 g/mol. The molecular weight excluding hydrogens is 396 g/mol. The number of amides is 3. The summed E-state index contributed by atoms with van der Waals surface area (Å²) in [4.78, 5) is 38.5. The molecule has 3 aromatic rings. The maximum Gasteiger partial charge on any atom is 0.262 e. The van der Waals surface area contributed by atoms with Crippen LogP contribution in [-0.4, -0.2) is 43.4 Å². The zero-order valence-corrected chi connectivity index (χ0v) is 17.0. The van der Waals surface area contributed by atoms with E-state index in [1.54, 1.807) is 56.7 Å². The molecule has 1 aliphatic heterocycles. The highest BCUT2D eigenvalue weighted by Gasteiger charge is 2.36. The predicted molar refractivity (Wildman–Crippen MR) is 115 cm³/mol. The summed E-state index contributed by atoms with van der Waals surface area (Å²) in [7, 11) is 3.17. The van der Waals surface area contributed by atoms with E-state index in [9.17, 15) is 14.4 Å². The van der Waals surface area contributed by atoms with Gasteiger partial charge in [-0.2, -0.15) is 0 Å². The lowest BCUT2D eigenvalue weighted by Crippen LogP contribution is -2.37. The van der Waals surface area contributed by atoms with Crippen LogP contribution < -0.4 is 14.8 Å². The Kier molecular flexibility index (Phi) is 5.41. The van der Waals surface area contributed by atoms with E-state index in [2.05, 4.69) is 5.32 Å². The zero-order valence-electron chi connectivity index (χ0n) is 17.0. The van der Waals surface area contributed by atoms with Crippen LogP contribution in [0.4, 0.5) is 5.69 Å². The summed E-state index contributed by atoms with van der Waals surface area (Å²) < 4.78 is 10.6. The van der Waals surface area contributed by atoms with Crippen LogP contribution in [0.3, 0.4) is 0 Å². The molecule has 0 fully saturated rings. The normalized spacial score (nSPS) is 12.5. The Bertz CT molecular complexity index is 1140. The van der Waals surface area contributed by atoms with Crippen molar-refractivity contribution in [3.05, 3.63) is 77.9 Å². The second-order valence-electron chi connectivity index (χ2n) is 6.93. The van der Waals surface area contributed by atoms with Gasteiger partial charge in [-0.25, -0.2) is 0 Å². The topological polar surface area (TPSA) is 84.9 Å². The molecular formula is C24H20N2O5. The molecule has 0 aromatic heterocycles. The highest BCUT2D eigenvalue weighted by molar-refractivity contribution is 6.22. The van der Waals surface area contributed by atoms with Gasteiger partial charge in [0.05, 0.1) is 25.3 Å². The van der Waals surface area contributed by atoms with Gasteiger partial charge in [0, 0.05) is 11.3 Å². The number of carbonyl (C=O) groups is 3. The summed E-state index contributed by atoms with van der Waals surface area (Å²) in [6, 6.07) is 19.2. The number of benzene rings is 3. The molecule has 3 aromatic carbocycles. The van der Waals surface area contributed by atoms with Gasteiger partial charge in [-0.3, -0.25) is 19.3 Å². The van der Waals surface area contributed by atoms with E-state index in [4.69, 9.17) is 9.47 Å². The average molecular weight is 416 g/mol. The Morgan fingerprint density at radius 3 is 2.06 bits per heavy atom. The molecule has 31 heavy (non-hydrogen) atoms. The predicted octanol–water partition coefficient (Wildman–Crippen LogP) is 3.61. The standard InChI is InChI=1S/C24H20N2O5/c1-30-17-10-7-15(8-11-17)20-13-16(9-12-21(20)31-2)25-22(27)14-26-23(28)18-5-3-4-6-19(18)24(26)29/h3-13H,14H2,1-2H3,(H,25,27). The molecule has 7 nitrogen and oxygen atoms in total. The summed E-state index contributed by atoms with van der Waals surface area (Å²) in [5.74, 6) is -0.0363. The Hall–Kier alpha value is -4.13.